The highest BCUT2D eigenvalue weighted by atomic mass is 35.5. The summed E-state index contributed by atoms with van der Waals surface area (Å²) >= 11 is 7.56. The molecule has 1 N–H and O–H groups in total. The summed E-state index contributed by atoms with van der Waals surface area (Å²) in [5.74, 6) is 0. The van der Waals surface area contributed by atoms with Crippen LogP contribution in [0.1, 0.15) is 26.2 Å². The van der Waals surface area contributed by atoms with Gasteiger partial charge in [0.2, 0.25) is 0 Å². The van der Waals surface area contributed by atoms with E-state index in [0.717, 1.165) is 47.7 Å². The van der Waals surface area contributed by atoms with E-state index in [4.69, 9.17) is 11.6 Å². The first-order chi connectivity index (χ1) is 9.78. The van der Waals surface area contributed by atoms with Crippen LogP contribution >= 0.6 is 23.3 Å². The van der Waals surface area contributed by atoms with Gasteiger partial charge in [0.15, 0.2) is 0 Å². The van der Waals surface area contributed by atoms with Crippen LogP contribution in [-0.4, -0.2) is 39.3 Å². The molecular weight excluding hydrogens is 292 g/mol. The minimum atomic E-state index is 0.480. The van der Waals surface area contributed by atoms with Crippen LogP contribution < -0.4 is 5.32 Å². The van der Waals surface area contributed by atoms with Gasteiger partial charge in [-0.05, 0) is 37.9 Å². The standard InChI is InChI=1S/C14H19ClN4S/c1-2-7-19-8-5-10(6-9-19)16-13-11(15)3-4-12-14(13)18-20-17-12/h3-4,10,16H,2,5-9H2,1H3. The molecule has 2 heterocycles. The molecule has 0 unspecified atom stereocenters. The van der Waals surface area contributed by atoms with E-state index in [1.54, 1.807) is 0 Å². The first-order valence-corrected chi connectivity index (χ1v) is 8.28. The van der Waals surface area contributed by atoms with Gasteiger partial charge < -0.3 is 10.2 Å². The molecule has 3 rings (SSSR count). The number of aromatic nitrogens is 2. The number of rotatable bonds is 4. The third-order valence-corrected chi connectivity index (χ3v) is 4.71. The fraction of sp³-hybridized carbons (Fsp3) is 0.571. The van der Waals surface area contributed by atoms with Gasteiger partial charge >= 0.3 is 0 Å². The van der Waals surface area contributed by atoms with Crippen LogP contribution in [-0.2, 0) is 0 Å². The number of anilines is 1. The Morgan fingerprint density at radius 2 is 2.15 bits per heavy atom. The highest BCUT2D eigenvalue weighted by Gasteiger charge is 2.20. The zero-order valence-electron chi connectivity index (χ0n) is 11.6. The Morgan fingerprint density at radius 1 is 1.35 bits per heavy atom. The van der Waals surface area contributed by atoms with Crippen molar-refractivity contribution < 1.29 is 0 Å². The van der Waals surface area contributed by atoms with E-state index < -0.39 is 0 Å². The lowest BCUT2D eigenvalue weighted by Gasteiger charge is -2.32. The summed E-state index contributed by atoms with van der Waals surface area (Å²) in [7, 11) is 0. The van der Waals surface area contributed by atoms with E-state index in [1.165, 1.54) is 24.7 Å². The highest BCUT2D eigenvalue weighted by Crippen LogP contribution is 2.31. The molecule has 1 fully saturated rings. The van der Waals surface area contributed by atoms with Crippen molar-refractivity contribution in [2.75, 3.05) is 25.0 Å². The topological polar surface area (TPSA) is 41.0 Å². The molecule has 1 aliphatic rings. The second-order valence-electron chi connectivity index (χ2n) is 5.31. The molecule has 0 radical (unpaired) electrons. The summed E-state index contributed by atoms with van der Waals surface area (Å²) in [5, 5.41) is 4.32. The second-order valence-corrected chi connectivity index (χ2v) is 6.25. The Bertz CT molecular complexity index is 578. The molecule has 6 heteroatoms. The maximum absolute atomic E-state index is 6.32. The second kappa shape index (κ2) is 6.24. The molecule has 1 aromatic carbocycles. The van der Waals surface area contributed by atoms with Gasteiger partial charge in [-0.2, -0.15) is 8.75 Å². The molecule has 1 saturated heterocycles. The number of likely N-dealkylation sites (tertiary alicyclic amines) is 1. The van der Waals surface area contributed by atoms with E-state index in [9.17, 15) is 0 Å². The van der Waals surface area contributed by atoms with Gasteiger partial charge in [-0.25, -0.2) is 0 Å². The zero-order chi connectivity index (χ0) is 13.9. The predicted octanol–water partition coefficient (Wildman–Crippen LogP) is 3.63. The monoisotopic (exact) mass is 310 g/mol. The molecule has 0 amide bonds. The van der Waals surface area contributed by atoms with Crippen LogP contribution in [0.3, 0.4) is 0 Å². The van der Waals surface area contributed by atoms with Crippen molar-refractivity contribution in [3.05, 3.63) is 17.2 Å². The molecule has 108 valence electrons. The zero-order valence-corrected chi connectivity index (χ0v) is 13.2. The molecule has 2 aromatic rings. The summed E-state index contributed by atoms with van der Waals surface area (Å²) in [4.78, 5) is 2.53. The number of halogens is 1. The average molecular weight is 311 g/mol. The quantitative estimate of drug-likeness (QED) is 0.936. The number of nitrogens with one attached hydrogen (secondary N) is 1. The molecule has 0 atom stereocenters. The maximum Gasteiger partial charge on any atom is 0.129 e. The van der Waals surface area contributed by atoms with Crippen molar-refractivity contribution >= 4 is 40.0 Å². The van der Waals surface area contributed by atoms with Crippen molar-refractivity contribution in [2.45, 2.75) is 32.2 Å². The Labute approximate surface area is 128 Å². The van der Waals surface area contributed by atoms with E-state index >= 15 is 0 Å². The normalized spacial score (nSPS) is 17.7. The molecule has 4 nitrogen and oxygen atoms in total. The lowest BCUT2D eigenvalue weighted by molar-refractivity contribution is 0.219. The van der Waals surface area contributed by atoms with Crippen molar-refractivity contribution in [2.24, 2.45) is 0 Å². The van der Waals surface area contributed by atoms with E-state index in [0.29, 0.717) is 6.04 Å². The molecule has 1 aromatic heterocycles. The fourth-order valence-corrected chi connectivity index (χ4v) is 3.54. The Hall–Kier alpha value is -0.910. The van der Waals surface area contributed by atoms with Gasteiger partial charge in [-0.1, -0.05) is 18.5 Å². The summed E-state index contributed by atoms with van der Waals surface area (Å²) < 4.78 is 8.64. The molecular formula is C14H19ClN4S. The number of hydrogen-bond acceptors (Lipinski definition) is 5. The third-order valence-electron chi connectivity index (χ3n) is 3.85. The minimum Gasteiger partial charge on any atom is -0.379 e. The SMILES string of the molecule is CCCN1CCC(Nc2c(Cl)ccc3nsnc23)CC1. The molecule has 0 aliphatic carbocycles. The minimum absolute atomic E-state index is 0.480. The number of hydrogen-bond donors (Lipinski definition) is 1. The van der Waals surface area contributed by atoms with Crippen LogP contribution in [0.5, 0.6) is 0 Å². The van der Waals surface area contributed by atoms with Gasteiger partial charge in [-0.3, -0.25) is 0 Å². The van der Waals surface area contributed by atoms with E-state index in [-0.39, 0.29) is 0 Å². The van der Waals surface area contributed by atoms with Crippen LogP contribution in [0.2, 0.25) is 5.02 Å². The smallest absolute Gasteiger partial charge is 0.129 e. The van der Waals surface area contributed by atoms with Gasteiger partial charge in [0, 0.05) is 19.1 Å². The lowest BCUT2D eigenvalue weighted by Crippen LogP contribution is -2.39. The number of piperidine rings is 1. The molecule has 0 saturated carbocycles. The van der Waals surface area contributed by atoms with Crippen LogP contribution in [0.15, 0.2) is 12.1 Å². The van der Waals surface area contributed by atoms with E-state index in [1.807, 2.05) is 12.1 Å². The summed E-state index contributed by atoms with van der Waals surface area (Å²) in [5.41, 5.74) is 2.77. The summed E-state index contributed by atoms with van der Waals surface area (Å²) in [6.45, 7) is 5.77. The average Bonchev–Trinajstić information content (AvgIpc) is 2.93. The molecule has 0 bridgehead atoms. The molecule has 0 spiro atoms. The van der Waals surface area contributed by atoms with Crippen LogP contribution in [0.4, 0.5) is 5.69 Å². The van der Waals surface area contributed by atoms with Crippen molar-refractivity contribution in [3.8, 4) is 0 Å². The lowest BCUT2D eigenvalue weighted by atomic mass is 10.0. The maximum atomic E-state index is 6.32. The van der Waals surface area contributed by atoms with Crippen LogP contribution in [0, 0.1) is 0 Å². The molecule has 20 heavy (non-hydrogen) atoms. The third kappa shape index (κ3) is 2.90. The first kappa shape index (κ1) is 14.0. The highest BCUT2D eigenvalue weighted by molar-refractivity contribution is 7.00. The number of benzene rings is 1. The summed E-state index contributed by atoms with van der Waals surface area (Å²) in [6.07, 6.45) is 3.54. The van der Waals surface area contributed by atoms with Crippen molar-refractivity contribution in [1.29, 1.82) is 0 Å². The van der Waals surface area contributed by atoms with Crippen LogP contribution in [0.25, 0.3) is 11.0 Å². The van der Waals surface area contributed by atoms with Gasteiger partial charge in [0.05, 0.1) is 22.4 Å². The Kier molecular flexibility index (Phi) is 4.38. The van der Waals surface area contributed by atoms with Gasteiger partial charge in [0.25, 0.3) is 0 Å². The fourth-order valence-electron chi connectivity index (χ4n) is 2.79. The predicted molar refractivity (Wildman–Crippen MR) is 85.8 cm³/mol. The Balaban J connectivity index is 1.71. The Morgan fingerprint density at radius 3 is 2.90 bits per heavy atom. The van der Waals surface area contributed by atoms with Gasteiger partial charge in [0.1, 0.15) is 11.0 Å². The largest absolute Gasteiger partial charge is 0.379 e. The van der Waals surface area contributed by atoms with Gasteiger partial charge in [-0.15, -0.1) is 0 Å². The van der Waals surface area contributed by atoms with Crippen molar-refractivity contribution in [1.82, 2.24) is 13.6 Å². The van der Waals surface area contributed by atoms with E-state index in [2.05, 4.69) is 25.9 Å². The first-order valence-electron chi connectivity index (χ1n) is 7.17. The summed E-state index contributed by atoms with van der Waals surface area (Å²) in [6, 6.07) is 4.31. The number of fused-ring (bicyclic) bond motifs is 1. The molecule has 1 aliphatic heterocycles. The number of nitrogens with zero attached hydrogens (tertiary/aromatic N) is 3. The van der Waals surface area contributed by atoms with Crippen molar-refractivity contribution in [3.63, 3.8) is 0 Å².